The third-order valence-electron chi connectivity index (χ3n) is 1.09. The molecule has 0 aliphatic carbocycles. The molecule has 0 amide bonds. The smallest absolute Gasteiger partial charge is 0.178 e. The lowest BCUT2D eigenvalue weighted by atomic mass is 10.2. The van der Waals surface area contributed by atoms with Crippen LogP contribution in [0.3, 0.4) is 0 Å². The average Bonchev–Trinajstić information content (AvgIpc) is 1.95. The molecule has 1 aromatic rings. The van der Waals surface area contributed by atoms with Crippen LogP contribution in [-0.2, 0) is 5.11 Å². The summed E-state index contributed by atoms with van der Waals surface area (Å²) >= 11 is 0. The van der Waals surface area contributed by atoms with E-state index in [0.29, 0.717) is 5.56 Å². The number of oxime groups is 1. The van der Waals surface area contributed by atoms with Gasteiger partial charge in [0.2, 0.25) is 0 Å². The van der Waals surface area contributed by atoms with Crippen molar-refractivity contribution in [2.75, 3.05) is 0 Å². The van der Waals surface area contributed by atoms with E-state index >= 15 is 0 Å². The fourth-order valence-corrected chi connectivity index (χ4v) is 0.621. The number of hydrogen-bond acceptors (Lipinski definition) is 2. The van der Waals surface area contributed by atoms with Gasteiger partial charge >= 0.3 is 0 Å². The summed E-state index contributed by atoms with van der Waals surface area (Å²) in [5.74, 6) is -0.0462. The van der Waals surface area contributed by atoms with Crippen LogP contribution in [-0.4, -0.2) is 11.4 Å². The SMILES string of the molecule is [O]c1ccc(/C=N\O)cc1. The fourth-order valence-electron chi connectivity index (χ4n) is 0.621. The summed E-state index contributed by atoms with van der Waals surface area (Å²) in [6.45, 7) is 0. The van der Waals surface area contributed by atoms with Crippen molar-refractivity contribution in [3.63, 3.8) is 0 Å². The number of hydrogen-bond donors (Lipinski definition) is 1. The first-order valence-electron chi connectivity index (χ1n) is 2.77. The molecule has 1 aromatic carbocycles. The number of rotatable bonds is 1. The maximum Gasteiger partial charge on any atom is 0.178 e. The van der Waals surface area contributed by atoms with Crippen molar-refractivity contribution in [3.8, 4) is 5.75 Å². The molecule has 0 unspecified atom stereocenters. The largest absolute Gasteiger partial charge is 0.411 e. The van der Waals surface area contributed by atoms with E-state index in [1.165, 1.54) is 18.3 Å². The molecular formula is C7H6NO2. The first-order chi connectivity index (χ1) is 4.83. The van der Waals surface area contributed by atoms with Crippen molar-refractivity contribution >= 4 is 6.21 Å². The molecule has 3 heteroatoms. The van der Waals surface area contributed by atoms with Crippen molar-refractivity contribution in [3.05, 3.63) is 29.8 Å². The highest BCUT2D eigenvalue weighted by Gasteiger charge is 1.88. The summed E-state index contributed by atoms with van der Waals surface area (Å²) in [4.78, 5) is 0. The quantitative estimate of drug-likeness (QED) is 0.356. The highest BCUT2D eigenvalue weighted by molar-refractivity contribution is 5.79. The van der Waals surface area contributed by atoms with Crippen molar-refractivity contribution in [2.24, 2.45) is 5.16 Å². The van der Waals surface area contributed by atoms with Crippen LogP contribution in [0.5, 0.6) is 5.75 Å². The van der Waals surface area contributed by atoms with E-state index in [2.05, 4.69) is 5.16 Å². The second kappa shape index (κ2) is 2.87. The maximum atomic E-state index is 10.5. The molecule has 51 valence electrons. The molecule has 0 saturated carbocycles. The molecule has 0 atom stereocenters. The van der Waals surface area contributed by atoms with Gasteiger partial charge in [-0.05, 0) is 29.8 Å². The lowest BCUT2D eigenvalue weighted by Crippen LogP contribution is -1.77. The molecule has 0 saturated heterocycles. The van der Waals surface area contributed by atoms with E-state index in [1.54, 1.807) is 12.1 Å². The lowest BCUT2D eigenvalue weighted by molar-refractivity contribution is 0.322. The molecule has 1 N–H and O–H groups in total. The minimum atomic E-state index is -0.0462. The molecule has 0 aliphatic rings. The van der Waals surface area contributed by atoms with Crippen molar-refractivity contribution in [1.82, 2.24) is 0 Å². The standard InChI is InChI=1S/C7H6NO2/c9-7-3-1-6(2-4-7)5-8-10/h1-5,10H/b8-5-. The monoisotopic (exact) mass is 136 g/mol. The molecular weight excluding hydrogens is 130 g/mol. The van der Waals surface area contributed by atoms with Gasteiger partial charge in [-0.1, -0.05) is 5.16 Å². The highest BCUT2D eigenvalue weighted by atomic mass is 16.4. The minimum absolute atomic E-state index is 0.0462. The summed E-state index contributed by atoms with van der Waals surface area (Å²) in [7, 11) is 0. The van der Waals surface area contributed by atoms with Crippen LogP contribution >= 0.6 is 0 Å². The van der Waals surface area contributed by atoms with Crippen molar-refractivity contribution < 1.29 is 10.3 Å². The number of nitrogens with zero attached hydrogens (tertiary/aromatic N) is 1. The third kappa shape index (κ3) is 1.48. The molecule has 0 fully saturated rings. The Morgan fingerprint density at radius 3 is 2.40 bits per heavy atom. The zero-order valence-electron chi connectivity index (χ0n) is 5.19. The van der Waals surface area contributed by atoms with E-state index in [0.717, 1.165) is 0 Å². The van der Waals surface area contributed by atoms with E-state index in [9.17, 15) is 5.11 Å². The first kappa shape index (κ1) is 6.61. The molecule has 0 aliphatic heterocycles. The Morgan fingerprint density at radius 2 is 1.90 bits per heavy atom. The van der Waals surface area contributed by atoms with Gasteiger partial charge in [0.25, 0.3) is 0 Å². The van der Waals surface area contributed by atoms with Gasteiger partial charge in [0.05, 0.1) is 6.21 Å². The first-order valence-corrected chi connectivity index (χ1v) is 2.77. The normalized spacial score (nSPS) is 10.4. The van der Waals surface area contributed by atoms with Crippen molar-refractivity contribution in [2.45, 2.75) is 0 Å². The third-order valence-corrected chi connectivity index (χ3v) is 1.09. The molecule has 1 radical (unpaired) electrons. The van der Waals surface area contributed by atoms with Gasteiger partial charge in [0.1, 0.15) is 0 Å². The summed E-state index contributed by atoms with van der Waals surface area (Å²) in [5, 5.41) is 21.4. The van der Waals surface area contributed by atoms with Crippen LogP contribution in [0.25, 0.3) is 0 Å². The Bertz CT molecular complexity index is 228. The van der Waals surface area contributed by atoms with Crippen LogP contribution in [0.15, 0.2) is 29.4 Å². The Hall–Kier alpha value is -1.51. The molecule has 0 aromatic heterocycles. The Balaban J connectivity index is 2.89. The minimum Gasteiger partial charge on any atom is -0.411 e. The van der Waals surface area contributed by atoms with Crippen LogP contribution < -0.4 is 0 Å². The van der Waals surface area contributed by atoms with Gasteiger partial charge in [-0.25, -0.2) is 0 Å². The average molecular weight is 136 g/mol. The van der Waals surface area contributed by atoms with E-state index in [4.69, 9.17) is 5.21 Å². The zero-order valence-corrected chi connectivity index (χ0v) is 5.19. The van der Waals surface area contributed by atoms with Gasteiger partial charge in [0, 0.05) is 0 Å². The van der Waals surface area contributed by atoms with E-state index in [1.807, 2.05) is 0 Å². The summed E-state index contributed by atoms with van der Waals surface area (Å²) in [6, 6.07) is 6.00. The second-order valence-corrected chi connectivity index (χ2v) is 1.81. The molecule has 0 bridgehead atoms. The van der Waals surface area contributed by atoms with E-state index in [-0.39, 0.29) is 5.75 Å². The molecule has 0 heterocycles. The zero-order chi connectivity index (χ0) is 7.40. The van der Waals surface area contributed by atoms with Gasteiger partial charge in [-0.3, -0.25) is 5.11 Å². The van der Waals surface area contributed by atoms with Gasteiger partial charge < -0.3 is 5.21 Å². The topological polar surface area (TPSA) is 52.5 Å². The number of benzene rings is 1. The highest BCUT2D eigenvalue weighted by Crippen LogP contribution is 2.08. The molecule has 0 spiro atoms. The predicted octanol–water partition coefficient (Wildman–Crippen LogP) is 1.64. The van der Waals surface area contributed by atoms with Crippen LogP contribution in [0.1, 0.15) is 5.56 Å². The summed E-state index contributed by atoms with van der Waals surface area (Å²) in [6.07, 6.45) is 1.26. The maximum absolute atomic E-state index is 10.5. The lowest BCUT2D eigenvalue weighted by Gasteiger charge is -1.88. The second-order valence-electron chi connectivity index (χ2n) is 1.81. The predicted molar refractivity (Wildman–Crippen MR) is 36.0 cm³/mol. The Kier molecular flexibility index (Phi) is 1.89. The Morgan fingerprint density at radius 1 is 1.30 bits per heavy atom. The van der Waals surface area contributed by atoms with Gasteiger partial charge in [0.15, 0.2) is 5.75 Å². The van der Waals surface area contributed by atoms with E-state index < -0.39 is 0 Å². The Labute approximate surface area is 58.2 Å². The molecule has 1 rings (SSSR count). The fraction of sp³-hybridized carbons (Fsp3) is 0. The van der Waals surface area contributed by atoms with Crippen LogP contribution in [0.4, 0.5) is 0 Å². The summed E-state index contributed by atoms with van der Waals surface area (Å²) < 4.78 is 0. The van der Waals surface area contributed by atoms with Gasteiger partial charge in [-0.2, -0.15) is 0 Å². The van der Waals surface area contributed by atoms with Crippen LogP contribution in [0.2, 0.25) is 0 Å². The van der Waals surface area contributed by atoms with Crippen molar-refractivity contribution in [1.29, 1.82) is 0 Å². The molecule has 3 nitrogen and oxygen atoms in total. The summed E-state index contributed by atoms with van der Waals surface area (Å²) in [5.41, 5.74) is 0.710. The molecule has 10 heavy (non-hydrogen) atoms. The van der Waals surface area contributed by atoms with Gasteiger partial charge in [-0.15, -0.1) is 0 Å². The van der Waals surface area contributed by atoms with Crippen LogP contribution in [0, 0.1) is 0 Å².